The number of hydrogen-bond acceptors (Lipinski definition) is 6. The number of hydrogen-bond donors (Lipinski definition) is 2. The molecule has 2 atom stereocenters. The quantitative estimate of drug-likeness (QED) is 0.820. The lowest BCUT2D eigenvalue weighted by Gasteiger charge is -2.37. The van der Waals surface area contributed by atoms with E-state index in [1.54, 1.807) is 6.33 Å². The summed E-state index contributed by atoms with van der Waals surface area (Å²) in [5, 5.41) is 1.04. The number of anilines is 1. The van der Waals surface area contributed by atoms with Crippen LogP contribution in [-0.2, 0) is 16.0 Å². The molecule has 2 aromatic rings. The molecule has 1 saturated heterocycles. The van der Waals surface area contributed by atoms with Crippen LogP contribution in [0.3, 0.4) is 0 Å². The van der Waals surface area contributed by atoms with Crippen LogP contribution in [-0.4, -0.2) is 47.7 Å². The van der Waals surface area contributed by atoms with E-state index in [-0.39, 0.29) is 17.8 Å². The van der Waals surface area contributed by atoms with Crippen LogP contribution < -0.4 is 10.6 Å². The van der Waals surface area contributed by atoms with Gasteiger partial charge in [0.25, 0.3) is 0 Å². The van der Waals surface area contributed by atoms with Crippen molar-refractivity contribution in [1.29, 1.82) is 0 Å². The van der Waals surface area contributed by atoms with E-state index in [9.17, 15) is 4.79 Å². The maximum absolute atomic E-state index is 12.0. The summed E-state index contributed by atoms with van der Waals surface area (Å²) in [6, 6.07) is 0. The van der Waals surface area contributed by atoms with E-state index in [4.69, 9.17) is 10.5 Å². The average molecular weight is 317 g/mol. The largest absolute Gasteiger partial charge is 0.469 e. The van der Waals surface area contributed by atoms with Crippen LogP contribution in [0.1, 0.15) is 18.9 Å². The van der Waals surface area contributed by atoms with Gasteiger partial charge in [0.15, 0.2) is 0 Å². The van der Waals surface area contributed by atoms with Crippen molar-refractivity contribution in [1.82, 2.24) is 15.0 Å². The van der Waals surface area contributed by atoms with Crippen LogP contribution >= 0.6 is 0 Å². The number of piperidine rings is 1. The number of aryl methyl sites for hydroxylation is 1. The number of esters is 1. The van der Waals surface area contributed by atoms with E-state index in [1.165, 1.54) is 12.7 Å². The van der Waals surface area contributed by atoms with Crippen LogP contribution in [0.15, 0.2) is 12.5 Å². The molecular weight excluding hydrogens is 294 g/mol. The Labute approximate surface area is 135 Å². The molecule has 3 N–H and O–H groups in total. The fraction of sp³-hybridized carbons (Fsp3) is 0.562. The minimum absolute atomic E-state index is 0.170. The van der Waals surface area contributed by atoms with Gasteiger partial charge in [-0.3, -0.25) is 4.79 Å². The van der Waals surface area contributed by atoms with Gasteiger partial charge in [-0.15, -0.1) is 0 Å². The topological polar surface area (TPSA) is 97.1 Å². The van der Waals surface area contributed by atoms with Gasteiger partial charge >= 0.3 is 5.97 Å². The van der Waals surface area contributed by atoms with Gasteiger partial charge in [0, 0.05) is 19.3 Å². The molecule has 0 amide bonds. The van der Waals surface area contributed by atoms with E-state index in [0.717, 1.165) is 36.2 Å². The van der Waals surface area contributed by atoms with Gasteiger partial charge in [-0.25, -0.2) is 9.97 Å². The second kappa shape index (κ2) is 6.54. The summed E-state index contributed by atoms with van der Waals surface area (Å²) in [5.74, 6) is 0.779. The zero-order chi connectivity index (χ0) is 16.4. The van der Waals surface area contributed by atoms with Crippen molar-refractivity contribution in [3.63, 3.8) is 0 Å². The lowest BCUT2D eigenvalue weighted by atomic mass is 9.89. The summed E-state index contributed by atoms with van der Waals surface area (Å²) in [5.41, 5.74) is 7.89. The van der Waals surface area contributed by atoms with E-state index >= 15 is 0 Å². The summed E-state index contributed by atoms with van der Waals surface area (Å²) < 4.78 is 4.94. The van der Waals surface area contributed by atoms with Gasteiger partial charge in [0.05, 0.1) is 18.4 Å². The molecule has 0 bridgehead atoms. The number of aromatic nitrogens is 3. The smallest absolute Gasteiger partial charge is 0.310 e. The molecule has 3 rings (SSSR count). The van der Waals surface area contributed by atoms with Crippen LogP contribution in [0.5, 0.6) is 0 Å². The molecule has 7 heteroatoms. The summed E-state index contributed by atoms with van der Waals surface area (Å²) in [4.78, 5) is 26.2. The van der Waals surface area contributed by atoms with E-state index in [0.29, 0.717) is 13.1 Å². The Kier molecular flexibility index (Phi) is 4.47. The van der Waals surface area contributed by atoms with Gasteiger partial charge in [0.1, 0.15) is 17.8 Å². The molecule has 2 aromatic heterocycles. The normalized spacial score (nSPS) is 21.6. The standard InChI is InChI=1S/C16H23N5O2/c1-3-11-6-18-14-13(11)15(20-9-19-14)21-7-10(5-17)4-12(8-21)16(22)23-2/h6,9-10,12H,3-5,7-8,17H2,1-2H3,(H,18,19,20). The second-order valence-corrected chi connectivity index (χ2v) is 6.05. The third-order valence-electron chi connectivity index (χ3n) is 4.62. The maximum atomic E-state index is 12.0. The number of ether oxygens (including phenoxy) is 1. The molecule has 1 fully saturated rings. The Bertz CT molecular complexity index is 699. The van der Waals surface area contributed by atoms with Gasteiger partial charge in [-0.1, -0.05) is 6.92 Å². The number of H-pyrrole nitrogens is 1. The van der Waals surface area contributed by atoms with Crippen molar-refractivity contribution in [2.45, 2.75) is 19.8 Å². The number of methoxy groups -OCH3 is 1. The van der Waals surface area contributed by atoms with Crippen molar-refractivity contribution in [3.8, 4) is 0 Å². The zero-order valence-electron chi connectivity index (χ0n) is 13.6. The second-order valence-electron chi connectivity index (χ2n) is 6.05. The number of nitrogens with one attached hydrogen (secondary N) is 1. The molecule has 2 unspecified atom stereocenters. The number of nitrogens with two attached hydrogens (primary N) is 1. The van der Waals surface area contributed by atoms with E-state index < -0.39 is 0 Å². The molecule has 3 heterocycles. The monoisotopic (exact) mass is 317 g/mol. The summed E-state index contributed by atoms with van der Waals surface area (Å²) >= 11 is 0. The molecule has 0 spiro atoms. The van der Waals surface area contributed by atoms with Crippen LogP contribution in [0.4, 0.5) is 5.82 Å². The number of carbonyl (C=O) groups excluding carboxylic acids is 1. The highest BCUT2D eigenvalue weighted by atomic mass is 16.5. The third kappa shape index (κ3) is 2.88. The number of rotatable bonds is 4. The van der Waals surface area contributed by atoms with Gasteiger partial charge in [-0.2, -0.15) is 0 Å². The molecule has 0 aliphatic carbocycles. The van der Waals surface area contributed by atoms with Crippen LogP contribution in [0.25, 0.3) is 11.0 Å². The van der Waals surface area contributed by atoms with Gasteiger partial charge < -0.3 is 20.4 Å². The number of aromatic amines is 1. The first-order valence-electron chi connectivity index (χ1n) is 8.01. The minimum atomic E-state index is -0.178. The Balaban J connectivity index is 1.99. The van der Waals surface area contributed by atoms with E-state index in [1.807, 2.05) is 6.20 Å². The SMILES string of the molecule is CCc1c[nH]c2ncnc(N3CC(CN)CC(C(=O)OC)C3)c12. The molecule has 1 aliphatic heterocycles. The first-order chi connectivity index (χ1) is 11.2. The molecular formula is C16H23N5O2. The molecule has 0 radical (unpaired) electrons. The van der Waals surface area contributed by atoms with Gasteiger partial charge in [-0.05, 0) is 30.9 Å². The molecule has 124 valence electrons. The number of fused-ring (bicyclic) bond motifs is 1. The maximum Gasteiger partial charge on any atom is 0.310 e. The first kappa shape index (κ1) is 15.7. The Hall–Kier alpha value is -2.15. The Morgan fingerprint density at radius 3 is 3.00 bits per heavy atom. The molecule has 1 aliphatic rings. The summed E-state index contributed by atoms with van der Waals surface area (Å²) in [6.07, 6.45) is 5.20. The van der Waals surface area contributed by atoms with E-state index in [2.05, 4.69) is 26.8 Å². The zero-order valence-corrected chi connectivity index (χ0v) is 13.6. The van der Waals surface area contributed by atoms with Crippen molar-refractivity contribution in [2.75, 3.05) is 31.6 Å². The predicted molar refractivity (Wildman–Crippen MR) is 88.1 cm³/mol. The highest BCUT2D eigenvalue weighted by Crippen LogP contribution is 2.31. The average Bonchev–Trinajstić information content (AvgIpc) is 3.03. The lowest BCUT2D eigenvalue weighted by Crippen LogP contribution is -2.46. The van der Waals surface area contributed by atoms with Crippen molar-refractivity contribution >= 4 is 22.8 Å². The van der Waals surface area contributed by atoms with Crippen molar-refractivity contribution in [2.24, 2.45) is 17.6 Å². The Morgan fingerprint density at radius 2 is 2.30 bits per heavy atom. The highest BCUT2D eigenvalue weighted by Gasteiger charge is 2.33. The number of nitrogens with zero attached hydrogens (tertiary/aromatic N) is 3. The fourth-order valence-corrected chi connectivity index (χ4v) is 3.41. The Morgan fingerprint density at radius 1 is 1.48 bits per heavy atom. The molecule has 0 saturated carbocycles. The molecule has 0 aromatic carbocycles. The highest BCUT2D eigenvalue weighted by molar-refractivity contribution is 5.91. The van der Waals surface area contributed by atoms with Crippen molar-refractivity contribution < 1.29 is 9.53 Å². The molecule has 7 nitrogen and oxygen atoms in total. The van der Waals surface area contributed by atoms with Crippen molar-refractivity contribution in [3.05, 3.63) is 18.1 Å². The van der Waals surface area contributed by atoms with Crippen LogP contribution in [0.2, 0.25) is 0 Å². The molecule has 23 heavy (non-hydrogen) atoms. The van der Waals surface area contributed by atoms with Crippen LogP contribution in [0, 0.1) is 11.8 Å². The third-order valence-corrected chi connectivity index (χ3v) is 4.62. The summed E-state index contributed by atoms with van der Waals surface area (Å²) in [7, 11) is 1.43. The summed E-state index contributed by atoms with van der Waals surface area (Å²) in [6.45, 7) is 4.05. The fourth-order valence-electron chi connectivity index (χ4n) is 3.41. The minimum Gasteiger partial charge on any atom is -0.469 e. The first-order valence-corrected chi connectivity index (χ1v) is 8.01. The lowest BCUT2D eigenvalue weighted by molar-refractivity contribution is -0.146. The number of carbonyl (C=O) groups is 1. The predicted octanol–water partition coefficient (Wildman–Crippen LogP) is 1.09. The van der Waals surface area contributed by atoms with Gasteiger partial charge in [0.2, 0.25) is 0 Å².